The lowest BCUT2D eigenvalue weighted by molar-refractivity contribution is -0.136. The maximum Gasteiger partial charge on any atom is 0.303 e. The molecule has 2 N–H and O–H groups in total. The van der Waals surface area contributed by atoms with Crippen molar-refractivity contribution >= 4 is 40.0 Å². The van der Waals surface area contributed by atoms with Crippen LogP contribution in [0.1, 0.15) is 19.8 Å². The summed E-state index contributed by atoms with van der Waals surface area (Å²) in [6, 6.07) is 8.09. The number of nitrogens with zero attached hydrogens (tertiary/aromatic N) is 3. The molecule has 2 aromatic carbocycles. The van der Waals surface area contributed by atoms with Crippen LogP contribution in [-0.4, -0.2) is 72.5 Å². The molecule has 1 saturated heterocycles. The number of anilines is 2. The third kappa shape index (κ3) is 7.91. The second-order valence-corrected chi connectivity index (χ2v) is 8.31. The topological polar surface area (TPSA) is 106 Å². The normalized spacial score (nSPS) is 13.6. The third-order valence-electron chi connectivity index (χ3n) is 5.39. The van der Waals surface area contributed by atoms with Crippen molar-refractivity contribution in [3.63, 3.8) is 0 Å². The summed E-state index contributed by atoms with van der Waals surface area (Å²) in [5.74, 6) is 0.566. The molecule has 4 rings (SSSR count). The molecule has 2 heterocycles. The van der Waals surface area contributed by atoms with Crippen molar-refractivity contribution in [3.05, 3.63) is 47.5 Å². The summed E-state index contributed by atoms with van der Waals surface area (Å²) in [5.41, 5.74) is 1.32. The lowest BCUT2D eigenvalue weighted by Gasteiger charge is -2.26. The first-order chi connectivity index (χ1) is 17.4. The number of aromatic nitrogens is 2. The van der Waals surface area contributed by atoms with Crippen LogP contribution >= 0.6 is 11.6 Å². The summed E-state index contributed by atoms with van der Waals surface area (Å²) < 4.78 is 30.4. The molecule has 194 valence electrons. The van der Waals surface area contributed by atoms with E-state index in [-0.39, 0.29) is 11.4 Å². The first-order valence-electron chi connectivity index (χ1n) is 11.6. The number of nitrogens with one attached hydrogen (secondary N) is 1. The second-order valence-electron chi connectivity index (χ2n) is 7.90. The monoisotopic (exact) mass is 520 g/mol. The number of carboxylic acids is 1. The molecular weight excluding hydrogens is 491 g/mol. The van der Waals surface area contributed by atoms with Crippen LogP contribution in [0.15, 0.2) is 36.7 Å². The van der Waals surface area contributed by atoms with Crippen molar-refractivity contribution in [1.82, 2.24) is 14.9 Å². The Kier molecular flexibility index (Phi) is 10.5. The van der Waals surface area contributed by atoms with E-state index in [9.17, 15) is 9.18 Å². The Labute approximate surface area is 214 Å². The van der Waals surface area contributed by atoms with Gasteiger partial charge in [0.1, 0.15) is 18.0 Å². The van der Waals surface area contributed by atoms with Gasteiger partial charge >= 0.3 is 5.97 Å². The van der Waals surface area contributed by atoms with Gasteiger partial charge in [0.25, 0.3) is 0 Å². The highest BCUT2D eigenvalue weighted by Crippen LogP contribution is 2.35. The number of halogens is 2. The number of carbonyl (C=O) groups is 1. The standard InChI is InChI=1S/C22H24ClFN4O3.C3H6O2/c1-29-20-13-19-16(12-21(20)31-8-2-5-28-6-9-30-10-7-28)22(26-14-25-19)27-15-3-4-18(24)17(23)11-15;1-2-3(4)5/h3-4,11-14H,2,5-10H2,1H3,(H,25,26,27);2H2,1H3,(H,4,5). The largest absolute Gasteiger partial charge is 0.493 e. The average Bonchev–Trinajstić information content (AvgIpc) is 2.89. The fourth-order valence-corrected chi connectivity index (χ4v) is 3.62. The van der Waals surface area contributed by atoms with Gasteiger partial charge < -0.3 is 24.6 Å². The molecule has 1 aliphatic rings. The van der Waals surface area contributed by atoms with E-state index in [1.54, 1.807) is 20.1 Å². The van der Waals surface area contributed by atoms with Gasteiger partial charge in [-0.3, -0.25) is 9.69 Å². The van der Waals surface area contributed by atoms with Crippen LogP contribution in [0, 0.1) is 5.82 Å². The molecule has 0 spiro atoms. The van der Waals surface area contributed by atoms with Crippen molar-refractivity contribution in [1.29, 1.82) is 0 Å². The SMILES string of the molecule is CCC(=O)O.COc1cc2ncnc(Nc3ccc(F)c(Cl)c3)c2cc1OCCCN1CCOCC1. The number of fused-ring (bicyclic) bond motifs is 1. The zero-order valence-electron chi connectivity index (χ0n) is 20.3. The highest BCUT2D eigenvalue weighted by atomic mass is 35.5. The van der Waals surface area contributed by atoms with Crippen LogP contribution < -0.4 is 14.8 Å². The Bertz CT molecular complexity index is 1160. The summed E-state index contributed by atoms with van der Waals surface area (Å²) in [6.07, 6.45) is 2.57. The number of benzene rings is 2. The van der Waals surface area contributed by atoms with E-state index >= 15 is 0 Å². The first kappa shape index (κ1) is 27.4. The Hall–Kier alpha value is -3.21. The summed E-state index contributed by atoms with van der Waals surface area (Å²) >= 11 is 5.90. The number of rotatable bonds is 9. The van der Waals surface area contributed by atoms with Crippen LogP contribution in [-0.2, 0) is 9.53 Å². The molecule has 0 bridgehead atoms. The van der Waals surface area contributed by atoms with Crippen molar-refractivity contribution in [2.45, 2.75) is 19.8 Å². The minimum absolute atomic E-state index is 0.0364. The molecule has 0 amide bonds. The zero-order valence-corrected chi connectivity index (χ0v) is 21.1. The number of morpholine rings is 1. The minimum atomic E-state index is -0.745. The van der Waals surface area contributed by atoms with Gasteiger partial charge in [0.05, 0.1) is 37.5 Å². The van der Waals surface area contributed by atoms with E-state index in [2.05, 4.69) is 20.2 Å². The summed E-state index contributed by atoms with van der Waals surface area (Å²) in [4.78, 5) is 20.4. The molecule has 0 aliphatic carbocycles. The van der Waals surface area contributed by atoms with Crippen LogP contribution in [0.25, 0.3) is 10.9 Å². The van der Waals surface area contributed by atoms with Crippen molar-refractivity contribution in [2.24, 2.45) is 0 Å². The van der Waals surface area contributed by atoms with Gasteiger partial charge in [-0.15, -0.1) is 0 Å². The molecule has 0 saturated carbocycles. The highest BCUT2D eigenvalue weighted by molar-refractivity contribution is 6.31. The van der Waals surface area contributed by atoms with Crippen molar-refractivity contribution in [2.75, 3.05) is 51.9 Å². The van der Waals surface area contributed by atoms with E-state index in [0.29, 0.717) is 35.1 Å². The predicted molar refractivity (Wildman–Crippen MR) is 136 cm³/mol. The van der Waals surface area contributed by atoms with Crippen molar-refractivity contribution < 1.29 is 28.5 Å². The Morgan fingerprint density at radius 3 is 2.64 bits per heavy atom. The highest BCUT2D eigenvalue weighted by Gasteiger charge is 2.14. The molecule has 0 unspecified atom stereocenters. The molecular formula is C25H30ClFN4O5. The smallest absolute Gasteiger partial charge is 0.303 e. The number of ether oxygens (including phenoxy) is 3. The summed E-state index contributed by atoms with van der Waals surface area (Å²) in [6.45, 7) is 6.60. The van der Waals surface area contributed by atoms with Crippen LogP contribution in [0.2, 0.25) is 5.02 Å². The van der Waals surface area contributed by atoms with Crippen LogP contribution in [0.3, 0.4) is 0 Å². The van der Waals surface area contributed by atoms with E-state index in [4.69, 9.17) is 30.9 Å². The van der Waals surface area contributed by atoms with Crippen molar-refractivity contribution in [3.8, 4) is 11.5 Å². The van der Waals surface area contributed by atoms with Gasteiger partial charge in [-0.1, -0.05) is 18.5 Å². The lowest BCUT2D eigenvalue weighted by Crippen LogP contribution is -2.37. The number of hydrogen-bond acceptors (Lipinski definition) is 8. The van der Waals surface area contributed by atoms with Gasteiger partial charge in [-0.05, 0) is 30.7 Å². The molecule has 1 aromatic heterocycles. The zero-order chi connectivity index (χ0) is 25.9. The molecule has 36 heavy (non-hydrogen) atoms. The number of carboxylic acid groups (broad SMARTS) is 1. The Morgan fingerprint density at radius 1 is 1.22 bits per heavy atom. The Morgan fingerprint density at radius 2 is 1.97 bits per heavy atom. The van der Waals surface area contributed by atoms with E-state index in [0.717, 1.165) is 44.7 Å². The van der Waals surface area contributed by atoms with E-state index in [1.165, 1.54) is 18.5 Å². The van der Waals surface area contributed by atoms with Gasteiger partial charge in [0.15, 0.2) is 11.5 Å². The average molecular weight is 521 g/mol. The predicted octanol–water partition coefficient (Wildman–Crippen LogP) is 4.76. The molecule has 0 atom stereocenters. The molecule has 11 heteroatoms. The van der Waals surface area contributed by atoms with Gasteiger partial charge in [-0.25, -0.2) is 14.4 Å². The fraction of sp³-hybridized carbons (Fsp3) is 0.400. The lowest BCUT2D eigenvalue weighted by atomic mass is 10.2. The van der Waals surface area contributed by atoms with Gasteiger partial charge in [0.2, 0.25) is 0 Å². The summed E-state index contributed by atoms with van der Waals surface area (Å²) in [7, 11) is 1.60. The first-order valence-corrected chi connectivity index (χ1v) is 12.0. The maximum atomic E-state index is 13.5. The maximum absolute atomic E-state index is 13.5. The summed E-state index contributed by atoms with van der Waals surface area (Å²) in [5, 5.41) is 11.7. The van der Waals surface area contributed by atoms with Gasteiger partial charge in [0, 0.05) is 43.2 Å². The van der Waals surface area contributed by atoms with E-state index < -0.39 is 11.8 Å². The fourth-order valence-electron chi connectivity index (χ4n) is 3.44. The van der Waals surface area contributed by atoms with Crippen LogP contribution in [0.5, 0.6) is 11.5 Å². The Balaban J connectivity index is 0.000000658. The van der Waals surface area contributed by atoms with E-state index in [1.807, 2.05) is 12.1 Å². The molecule has 1 fully saturated rings. The van der Waals surface area contributed by atoms with Gasteiger partial charge in [-0.2, -0.15) is 0 Å². The molecule has 1 aliphatic heterocycles. The number of methoxy groups -OCH3 is 1. The number of hydrogen-bond donors (Lipinski definition) is 2. The number of aliphatic carboxylic acids is 1. The molecule has 3 aromatic rings. The molecule has 0 radical (unpaired) electrons. The quantitative estimate of drug-likeness (QED) is 0.386. The third-order valence-corrected chi connectivity index (χ3v) is 5.68. The minimum Gasteiger partial charge on any atom is -0.493 e. The second kappa shape index (κ2) is 13.8. The molecule has 9 nitrogen and oxygen atoms in total. The van der Waals surface area contributed by atoms with Crippen LogP contribution in [0.4, 0.5) is 15.9 Å².